The van der Waals surface area contributed by atoms with Crippen LogP contribution in [0.3, 0.4) is 0 Å². The van der Waals surface area contributed by atoms with Crippen molar-refractivity contribution < 1.29 is 4.42 Å². The van der Waals surface area contributed by atoms with Gasteiger partial charge < -0.3 is 4.42 Å². The molecule has 16 heavy (non-hydrogen) atoms. The summed E-state index contributed by atoms with van der Waals surface area (Å²) in [4.78, 5) is 0. The second-order valence-electron chi connectivity index (χ2n) is 6.03. The van der Waals surface area contributed by atoms with Crippen LogP contribution in [0, 0.1) is 16.7 Å². The van der Waals surface area contributed by atoms with Crippen molar-refractivity contribution in [2.45, 2.75) is 40.2 Å². The highest BCUT2D eigenvalue weighted by atomic mass is 16.3. The molecule has 2 rings (SSSR count). The third-order valence-corrected chi connectivity index (χ3v) is 4.78. The standard InChI is InChI=1S/C13H22N2O/c1-12(2)11(13(12,3)4)10(15-14)7-9-5-6-16-8-9/h5-6,8,10-11,15H,7,14H2,1-4H3. The van der Waals surface area contributed by atoms with Crippen molar-refractivity contribution >= 4 is 0 Å². The molecule has 1 fully saturated rings. The highest BCUT2D eigenvalue weighted by molar-refractivity contribution is 5.19. The summed E-state index contributed by atoms with van der Waals surface area (Å²) in [5, 5.41) is 0. The molecule has 3 N–H and O–H groups in total. The lowest BCUT2D eigenvalue weighted by Crippen LogP contribution is -2.40. The Morgan fingerprint density at radius 3 is 2.38 bits per heavy atom. The maximum absolute atomic E-state index is 5.69. The summed E-state index contributed by atoms with van der Waals surface area (Å²) in [6.07, 6.45) is 4.45. The second-order valence-corrected chi connectivity index (χ2v) is 6.03. The van der Waals surface area contributed by atoms with Gasteiger partial charge >= 0.3 is 0 Å². The fourth-order valence-electron chi connectivity index (χ4n) is 3.19. The molecule has 0 amide bonds. The number of rotatable bonds is 4. The Morgan fingerprint density at radius 1 is 1.38 bits per heavy atom. The summed E-state index contributed by atoms with van der Waals surface area (Å²) < 4.78 is 5.10. The Balaban J connectivity index is 2.08. The molecule has 1 aromatic rings. The molecular weight excluding hydrogens is 200 g/mol. The molecule has 1 aliphatic carbocycles. The van der Waals surface area contributed by atoms with E-state index in [0.717, 1.165) is 6.42 Å². The number of hydrogen-bond donors (Lipinski definition) is 2. The largest absolute Gasteiger partial charge is 0.472 e. The van der Waals surface area contributed by atoms with E-state index in [1.807, 2.05) is 6.07 Å². The molecule has 1 unspecified atom stereocenters. The minimum Gasteiger partial charge on any atom is -0.472 e. The van der Waals surface area contributed by atoms with Crippen LogP contribution >= 0.6 is 0 Å². The van der Waals surface area contributed by atoms with Crippen molar-refractivity contribution in [3.8, 4) is 0 Å². The number of nitrogens with one attached hydrogen (secondary N) is 1. The Kier molecular flexibility index (Phi) is 2.63. The number of hydrogen-bond acceptors (Lipinski definition) is 3. The lowest BCUT2D eigenvalue weighted by atomic mass is 9.99. The quantitative estimate of drug-likeness (QED) is 0.607. The lowest BCUT2D eigenvalue weighted by molar-refractivity contribution is 0.401. The molecule has 1 heterocycles. The molecule has 3 heteroatoms. The number of nitrogens with two attached hydrogens (primary N) is 1. The molecule has 3 nitrogen and oxygen atoms in total. The highest BCUT2D eigenvalue weighted by Crippen LogP contribution is 2.69. The van der Waals surface area contributed by atoms with E-state index in [0.29, 0.717) is 22.8 Å². The van der Waals surface area contributed by atoms with Gasteiger partial charge in [0, 0.05) is 6.04 Å². The molecule has 0 aliphatic heterocycles. The molecule has 1 saturated carbocycles. The van der Waals surface area contributed by atoms with Crippen LogP contribution in [-0.4, -0.2) is 6.04 Å². The number of furan rings is 1. The van der Waals surface area contributed by atoms with Crippen molar-refractivity contribution in [1.82, 2.24) is 5.43 Å². The Hall–Kier alpha value is -0.800. The highest BCUT2D eigenvalue weighted by Gasteiger charge is 2.66. The van der Waals surface area contributed by atoms with E-state index in [2.05, 4.69) is 33.1 Å². The van der Waals surface area contributed by atoms with Gasteiger partial charge in [0.15, 0.2) is 0 Å². The second kappa shape index (κ2) is 3.60. The first kappa shape index (κ1) is 11.7. The fourth-order valence-corrected chi connectivity index (χ4v) is 3.19. The molecule has 90 valence electrons. The molecular formula is C13H22N2O. The minimum atomic E-state index is 0.322. The number of hydrazine groups is 1. The van der Waals surface area contributed by atoms with Gasteiger partial charge in [-0.25, -0.2) is 0 Å². The molecule has 0 radical (unpaired) electrons. The van der Waals surface area contributed by atoms with E-state index in [9.17, 15) is 0 Å². The van der Waals surface area contributed by atoms with Crippen molar-refractivity contribution in [1.29, 1.82) is 0 Å². The maximum Gasteiger partial charge on any atom is 0.0935 e. The zero-order chi connectivity index (χ0) is 12.0. The van der Waals surface area contributed by atoms with Crippen molar-refractivity contribution in [2.75, 3.05) is 0 Å². The lowest BCUT2D eigenvalue weighted by Gasteiger charge is -2.17. The smallest absolute Gasteiger partial charge is 0.0935 e. The SMILES string of the molecule is CC1(C)C(C(Cc2ccoc2)NN)C1(C)C. The zero-order valence-electron chi connectivity index (χ0n) is 10.6. The van der Waals surface area contributed by atoms with Crippen LogP contribution in [0.5, 0.6) is 0 Å². The Morgan fingerprint density at radius 2 is 2.00 bits per heavy atom. The average Bonchev–Trinajstić information content (AvgIpc) is 2.63. The first-order valence-electron chi connectivity index (χ1n) is 5.88. The van der Waals surface area contributed by atoms with Crippen LogP contribution in [0.4, 0.5) is 0 Å². The van der Waals surface area contributed by atoms with Crippen molar-refractivity contribution in [2.24, 2.45) is 22.6 Å². The van der Waals surface area contributed by atoms with E-state index in [4.69, 9.17) is 10.3 Å². The fraction of sp³-hybridized carbons (Fsp3) is 0.692. The van der Waals surface area contributed by atoms with Crippen LogP contribution in [0.1, 0.15) is 33.3 Å². The minimum absolute atomic E-state index is 0.322. The summed E-state index contributed by atoms with van der Waals surface area (Å²) in [6.45, 7) is 9.27. The van der Waals surface area contributed by atoms with Crippen LogP contribution in [0.2, 0.25) is 0 Å². The maximum atomic E-state index is 5.69. The molecule has 1 aromatic heterocycles. The summed E-state index contributed by atoms with van der Waals surface area (Å²) in [5.74, 6) is 6.30. The van der Waals surface area contributed by atoms with Crippen molar-refractivity contribution in [3.05, 3.63) is 24.2 Å². The van der Waals surface area contributed by atoms with Gasteiger partial charge in [-0.3, -0.25) is 11.3 Å². The van der Waals surface area contributed by atoms with Gasteiger partial charge in [-0.15, -0.1) is 0 Å². The average molecular weight is 222 g/mol. The van der Waals surface area contributed by atoms with Crippen molar-refractivity contribution in [3.63, 3.8) is 0 Å². The normalized spacial score (nSPS) is 24.3. The predicted octanol–water partition coefficient (Wildman–Crippen LogP) is 2.34. The zero-order valence-corrected chi connectivity index (χ0v) is 10.6. The Labute approximate surface area is 97.4 Å². The van der Waals surface area contributed by atoms with Crippen LogP contribution in [0.25, 0.3) is 0 Å². The van der Waals surface area contributed by atoms with Gasteiger partial charge in [-0.1, -0.05) is 27.7 Å². The van der Waals surface area contributed by atoms with Gasteiger partial charge in [0.25, 0.3) is 0 Å². The summed E-state index contributed by atoms with van der Waals surface area (Å²) in [5.41, 5.74) is 4.89. The van der Waals surface area contributed by atoms with Gasteiger partial charge in [0.2, 0.25) is 0 Å². The molecule has 0 bridgehead atoms. The first-order valence-corrected chi connectivity index (χ1v) is 5.88. The molecule has 0 spiro atoms. The predicted molar refractivity (Wildman–Crippen MR) is 64.6 cm³/mol. The van der Waals surface area contributed by atoms with Crippen LogP contribution in [0.15, 0.2) is 23.0 Å². The van der Waals surface area contributed by atoms with Gasteiger partial charge in [-0.2, -0.15) is 0 Å². The van der Waals surface area contributed by atoms with Crippen LogP contribution in [-0.2, 0) is 6.42 Å². The molecule has 1 aliphatic rings. The van der Waals surface area contributed by atoms with E-state index >= 15 is 0 Å². The third kappa shape index (κ3) is 1.59. The van der Waals surface area contributed by atoms with Gasteiger partial charge in [0.1, 0.15) is 0 Å². The molecule has 1 atom stereocenters. The Bertz CT molecular complexity index is 340. The van der Waals surface area contributed by atoms with E-state index in [-0.39, 0.29) is 0 Å². The summed E-state index contributed by atoms with van der Waals surface area (Å²) in [6, 6.07) is 2.33. The monoisotopic (exact) mass is 222 g/mol. The van der Waals surface area contributed by atoms with Gasteiger partial charge in [-0.05, 0) is 34.8 Å². The first-order chi connectivity index (χ1) is 7.41. The van der Waals surface area contributed by atoms with Gasteiger partial charge in [0.05, 0.1) is 12.5 Å². The molecule has 0 saturated heterocycles. The summed E-state index contributed by atoms with van der Waals surface area (Å²) in [7, 11) is 0. The molecule has 0 aromatic carbocycles. The topological polar surface area (TPSA) is 51.2 Å². The van der Waals surface area contributed by atoms with E-state index in [1.54, 1.807) is 12.5 Å². The summed E-state index contributed by atoms with van der Waals surface area (Å²) >= 11 is 0. The third-order valence-electron chi connectivity index (χ3n) is 4.78. The van der Waals surface area contributed by atoms with E-state index < -0.39 is 0 Å². The van der Waals surface area contributed by atoms with Crippen LogP contribution < -0.4 is 11.3 Å². The van der Waals surface area contributed by atoms with E-state index in [1.165, 1.54) is 5.56 Å².